The first-order chi connectivity index (χ1) is 12.2. The second kappa shape index (κ2) is 6.89. The third kappa shape index (κ3) is 4.16. The summed E-state index contributed by atoms with van der Waals surface area (Å²) in [5.41, 5.74) is 0.0144. The van der Waals surface area contributed by atoms with E-state index in [0.29, 0.717) is 17.0 Å². The Morgan fingerprint density at radius 2 is 2.00 bits per heavy atom. The first-order valence-corrected chi connectivity index (χ1v) is 10.3. The van der Waals surface area contributed by atoms with Crippen molar-refractivity contribution in [3.8, 4) is 0 Å². The normalized spacial score (nSPS) is 21.5. The van der Waals surface area contributed by atoms with Crippen molar-refractivity contribution in [1.82, 2.24) is 9.88 Å². The van der Waals surface area contributed by atoms with E-state index >= 15 is 0 Å². The SMILES string of the molecule is C[C@@]1(NC(=O)c2ccc(=O)n(Cc3ccccc3Cl)c2)CCS(=O)(=O)C1. The zero-order valence-corrected chi connectivity index (χ0v) is 15.8. The Morgan fingerprint density at radius 1 is 1.27 bits per heavy atom. The lowest BCUT2D eigenvalue weighted by atomic mass is 10.0. The Kier molecular flexibility index (Phi) is 4.94. The summed E-state index contributed by atoms with van der Waals surface area (Å²) >= 11 is 6.14. The molecular formula is C18H19ClN2O4S. The predicted octanol–water partition coefficient (Wildman–Crippen LogP) is 1.86. The number of nitrogens with zero attached hydrogens (tertiary/aromatic N) is 1. The second-order valence-electron chi connectivity index (χ2n) is 6.83. The van der Waals surface area contributed by atoms with Crippen LogP contribution in [0.5, 0.6) is 0 Å². The molecule has 138 valence electrons. The van der Waals surface area contributed by atoms with Crippen LogP contribution in [0.15, 0.2) is 47.4 Å². The van der Waals surface area contributed by atoms with Gasteiger partial charge in [0.15, 0.2) is 9.84 Å². The van der Waals surface area contributed by atoms with Crippen molar-refractivity contribution >= 4 is 27.3 Å². The third-order valence-corrected chi connectivity index (χ3v) is 6.73. The summed E-state index contributed by atoms with van der Waals surface area (Å²) in [6, 6.07) is 9.93. The minimum absolute atomic E-state index is 0.0653. The van der Waals surface area contributed by atoms with Gasteiger partial charge in [-0.25, -0.2) is 8.42 Å². The van der Waals surface area contributed by atoms with Crippen molar-refractivity contribution in [2.24, 2.45) is 0 Å². The highest BCUT2D eigenvalue weighted by atomic mass is 35.5. The van der Waals surface area contributed by atoms with E-state index in [9.17, 15) is 18.0 Å². The maximum absolute atomic E-state index is 12.6. The number of rotatable bonds is 4. The molecule has 1 aliphatic rings. The van der Waals surface area contributed by atoms with Crippen LogP contribution >= 0.6 is 11.6 Å². The minimum Gasteiger partial charge on any atom is -0.346 e. The molecule has 0 saturated carbocycles. The van der Waals surface area contributed by atoms with Gasteiger partial charge in [-0.1, -0.05) is 29.8 Å². The van der Waals surface area contributed by atoms with Gasteiger partial charge in [-0.05, 0) is 31.0 Å². The number of sulfone groups is 1. The summed E-state index contributed by atoms with van der Waals surface area (Å²) in [4.78, 5) is 24.7. The minimum atomic E-state index is -3.13. The van der Waals surface area contributed by atoms with E-state index in [2.05, 4.69) is 5.32 Å². The lowest BCUT2D eigenvalue weighted by Crippen LogP contribution is -2.47. The number of aromatic nitrogens is 1. The van der Waals surface area contributed by atoms with Gasteiger partial charge < -0.3 is 9.88 Å². The maximum Gasteiger partial charge on any atom is 0.253 e. The van der Waals surface area contributed by atoms with Gasteiger partial charge >= 0.3 is 0 Å². The molecule has 1 saturated heterocycles. The average molecular weight is 395 g/mol. The molecule has 2 aromatic rings. The highest BCUT2D eigenvalue weighted by Gasteiger charge is 2.39. The molecule has 1 N–H and O–H groups in total. The summed E-state index contributed by atoms with van der Waals surface area (Å²) in [5.74, 6) is -0.418. The Labute approximate surface area is 156 Å². The monoisotopic (exact) mass is 394 g/mol. The van der Waals surface area contributed by atoms with Gasteiger partial charge in [0.1, 0.15) is 0 Å². The van der Waals surface area contributed by atoms with Gasteiger partial charge in [-0.2, -0.15) is 0 Å². The number of amides is 1. The van der Waals surface area contributed by atoms with E-state index in [1.165, 1.54) is 22.9 Å². The van der Waals surface area contributed by atoms with Crippen LogP contribution in [0, 0.1) is 0 Å². The fourth-order valence-corrected chi connectivity index (χ4v) is 5.34. The maximum atomic E-state index is 12.6. The molecule has 3 rings (SSSR count). The number of hydrogen-bond acceptors (Lipinski definition) is 4. The Morgan fingerprint density at radius 3 is 2.65 bits per heavy atom. The Bertz CT molecular complexity index is 1020. The molecule has 8 heteroatoms. The summed E-state index contributed by atoms with van der Waals surface area (Å²) in [6.45, 7) is 1.96. The predicted molar refractivity (Wildman–Crippen MR) is 100 cm³/mol. The topological polar surface area (TPSA) is 85.2 Å². The zero-order valence-electron chi connectivity index (χ0n) is 14.2. The number of pyridine rings is 1. The summed E-state index contributed by atoms with van der Waals surface area (Å²) < 4.78 is 24.8. The van der Waals surface area contributed by atoms with Gasteiger partial charge in [0.2, 0.25) is 0 Å². The number of carbonyl (C=O) groups excluding carboxylic acids is 1. The van der Waals surface area contributed by atoms with Crippen LogP contribution in [0.3, 0.4) is 0 Å². The fourth-order valence-electron chi connectivity index (χ4n) is 3.05. The number of nitrogens with one attached hydrogen (secondary N) is 1. The molecule has 0 radical (unpaired) electrons. The van der Waals surface area contributed by atoms with Gasteiger partial charge in [-0.15, -0.1) is 0 Å². The van der Waals surface area contributed by atoms with Crippen molar-refractivity contribution in [1.29, 1.82) is 0 Å². The highest BCUT2D eigenvalue weighted by Crippen LogP contribution is 2.23. The standard InChI is InChI=1S/C18H19ClN2O4S/c1-18(8-9-26(24,25)12-18)20-17(23)14-6-7-16(22)21(11-14)10-13-4-2-3-5-15(13)19/h2-7,11H,8-10,12H2,1H3,(H,20,23)/t18-/m1/s1. The molecule has 1 amide bonds. The average Bonchev–Trinajstić information content (AvgIpc) is 2.84. The Hall–Kier alpha value is -2.12. The molecule has 6 nitrogen and oxygen atoms in total. The van der Waals surface area contributed by atoms with E-state index in [4.69, 9.17) is 11.6 Å². The van der Waals surface area contributed by atoms with Crippen LogP contribution < -0.4 is 10.9 Å². The van der Waals surface area contributed by atoms with Crippen molar-refractivity contribution in [2.45, 2.75) is 25.4 Å². The van der Waals surface area contributed by atoms with Crippen molar-refractivity contribution in [3.05, 3.63) is 69.1 Å². The molecule has 0 aliphatic carbocycles. The van der Waals surface area contributed by atoms with Crippen molar-refractivity contribution in [2.75, 3.05) is 11.5 Å². The summed E-state index contributed by atoms with van der Waals surface area (Å²) in [6.07, 6.45) is 1.84. The molecule has 1 aliphatic heterocycles. The van der Waals surface area contributed by atoms with E-state index in [1.807, 2.05) is 12.1 Å². The zero-order chi connectivity index (χ0) is 18.9. The lowest BCUT2D eigenvalue weighted by Gasteiger charge is -2.24. The van der Waals surface area contributed by atoms with Crippen LogP contribution in [0.25, 0.3) is 0 Å². The van der Waals surface area contributed by atoms with E-state index in [1.54, 1.807) is 19.1 Å². The number of halogens is 1. The van der Waals surface area contributed by atoms with Crippen LogP contribution in [0.4, 0.5) is 0 Å². The van der Waals surface area contributed by atoms with Crippen LogP contribution in [-0.2, 0) is 16.4 Å². The van der Waals surface area contributed by atoms with Gasteiger partial charge in [-0.3, -0.25) is 9.59 Å². The molecule has 0 spiro atoms. The largest absolute Gasteiger partial charge is 0.346 e. The van der Waals surface area contributed by atoms with Crippen molar-refractivity contribution in [3.63, 3.8) is 0 Å². The quantitative estimate of drug-likeness (QED) is 0.857. The first kappa shape index (κ1) is 18.7. The Balaban J connectivity index is 1.82. The molecule has 2 heterocycles. The molecule has 1 atom stereocenters. The second-order valence-corrected chi connectivity index (χ2v) is 9.42. The third-order valence-electron chi connectivity index (χ3n) is 4.46. The smallest absolute Gasteiger partial charge is 0.253 e. The molecule has 0 unspecified atom stereocenters. The molecule has 0 bridgehead atoms. The van der Waals surface area contributed by atoms with Gasteiger partial charge in [0, 0.05) is 17.3 Å². The summed E-state index contributed by atoms with van der Waals surface area (Å²) in [7, 11) is -3.13. The van der Waals surface area contributed by atoms with Crippen LogP contribution in [-0.4, -0.2) is 35.9 Å². The summed E-state index contributed by atoms with van der Waals surface area (Å²) in [5, 5.41) is 3.33. The molecule has 1 aromatic heterocycles. The number of benzene rings is 1. The van der Waals surface area contributed by atoms with E-state index in [-0.39, 0.29) is 23.6 Å². The fraction of sp³-hybridized carbons (Fsp3) is 0.333. The van der Waals surface area contributed by atoms with Crippen molar-refractivity contribution < 1.29 is 13.2 Å². The molecular weight excluding hydrogens is 376 g/mol. The van der Waals surface area contributed by atoms with E-state index < -0.39 is 21.3 Å². The molecule has 1 fully saturated rings. The number of carbonyl (C=O) groups is 1. The number of hydrogen-bond donors (Lipinski definition) is 1. The highest BCUT2D eigenvalue weighted by molar-refractivity contribution is 7.91. The van der Waals surface area contributed by atoms with Crippen LogP contribution in [0.1, 0.15) is 29.3 Å². The van der Waals surface area contributed by atoms with Crippen LogP contribution in [0.2, 0.25) is 5.02 Å². The first-order valence-electron chi connectivity index (χ1n) is 8.14. The lowest BCUT2D eigenvalue weighted by molar-refractivity contribution is 0.0914. The molecule has 26 heavy (non-hydrogen) atoms. The van der Waals surface area contributed by atoms with Gasteiger partial charge in [0.05, 0.1) is 29.2 Å². The van der Waals surface area contributed by atoms with E-state index in [0.717, 1.165) is 5.56 Å². The van der Waals surface area contributed by atoms with Gasteiger partial charge in [0.25, 0.3) is 11.5 Å². The molecule has 1 aromatic carbocycles.